The van der Waals surface area contributed by atoms with Gasteiger partial charge in [-0.05, 0) is 19.1 Å². The molecule has 7 nitrogen and oxygen atoms in total. The summed E-state index contributed by atoms with van der Waals surface area (Å²) < 4.78 is 17.2. The average molecular weight is 345 g/mol. The van der Waals surface area contributed by atoms with Crippen LogP contribution in [-0.2, 0) is 0 Å². The maximum Gasteiger partial charge on any atom is 0.292 e. The molecule has 0 spiro atoms. The highest BCUT2D eigenvalue weighted by molar-refractivity contribution is 7.20. The monoisotopic (exact) mass is 345 g/mol. The molecule has 0 aliphatic carbocycles. The molecule has 0 unspecified atom stereocenters. The maximum absolute atomic E-state index is 12.2. The molecule has 0 atom stereocenters. The van der Waals surface area contributed by atoms with Gasteiger partial charge in [0.1, 0.15) is 17.4 Å². The van der Waals surface area contributed by atoms with Crippen molar-refractivity contribution in [1.82, 2.24) is 15.0 Å². The lowest BCUT2D eigenvalue weighted by atomic mass is 10.1. The molecule has 2 aromatic heterocycles. The van der Waals surface area contributed by atoms with Crippen LogP contribution in [0.15, 0.2) is 28.8 Å². The van der Waals surface area contributed by atoms with E-state index >= 15 is 0 Å². The molecule has 1 fully saturated rings. The second-order valence-electron chi connectivity index (χ2n) is 5.57. The quantitative estimate of drug-likeness (QED) is 0.723. The molecule has 0 radical (unpaired) electrons. The van der Waals surface area contributed by atoms with Crippen molar-refractivity contribution < 1.29 is 18.8 Å². The van der Waals surface area contributed by atoms with E-state index in [9.17, 15) is 4.79 Å². The number of aryl methyl sites for hydroxylation is 1. The fraction of sp³-hybridized carbons (Fsp3) is 0.312. The summed E-state index contributed by atoms with van der Waals surface area (Å²) in [6.07, 6.45) is -0.0653. The predicted molar refractivity (Wildman–Crippen MR) is 87.7 cm³/mol. The van der Waals surface area contributed by atoms with Crippen molar-refractivity contribution in [2.75, 3.05) is 20.2 Å². The van der Waals surface area contributed by atoms with Crippen molar-refractivity contribution in [3.63, 3.8) is 0 Å². The molecule has 1 aromatic carbocycles. The Hall–Kier alpha value is -2.61. The number of rotatable bonds is 4. The number of para-hydroxylation sites is 1. The van der Waals surface area contributed by atoms with Gasteiger partial charge in [-0.15, -0.1) is 0 Å². The van der Waals surface area contributed by atoms with Crippen molar-refractivity contribution in [3.05, 3.63) is 35.7 Å². The Balaban J connectivity index is 1.40. The fourth-order valence-corrected chi connectivity index (χ4v) is 3.46. The molecule has 8 heteroatoms. The van der Waals surface area contributed by atoms with Gasteiger partial charge in [0.2, 0.25) is 5.76 Å². The smallest absolute Gasteiger partial charge is 0.292 e. The molecule has 1 saturated heterocycles. The summed E-state index contributed by atoms with van der Waals surface area (Å²) in [6.45, 7) is 2.79. The Morgan fingerprint density at radius 1 is 1.42 bits per heavy atom. The number of carbonyl (C=O) groups excluding carboxylic acids is 1. The van der Waals surface area contributed by atoms with Gasteiger partial charge in [-0.2, -0.15) is 4.98 Å². The second-order valence-corrected chi connectivity index (χ2v) is 6.56. The lowest BCUT2D eigenvalue weighted by molar-refractivity contribution is 0.0149. The molecule has 24 heavy (non-hydrogen) atoms. The number of ether oxygens (including phenoxy) is 2. The van der Waals surface area contributed by atoms with E-state index in [1.807, 2.05) is 18.2 Å². The SMILES string of the molecule is COc1cccc2sc(OC3CN(C(=O)c4cc(C)no4)C3)nc12. The molecule has 124 valence electrons. The standard InChI is InChI=1S/C16H15N3O4S/c1-9-6-12(23-18-9)15(20)19-7-10(8-19)22-16-17-14-11(21-2)4-3-5-13(14)24-16/h3-6,10H,7-8H2,1-2H3. The van der Waals surface area contributed by atoms with Gasteiger partial charge in [-0.25, -0.2) is 0 Å². The van der Waals surface area contributed by atoms with E-state index in [2.05, 4.69) is 10.1 Å². The van der Waals surface area contributed by atoms with E-state index < -0.39 is 0 Å². The highest BCUT2D eigenvalue weighted by Crippen LogP contribution is 2.34. The van der Waals surface area contributed by atoms with Crippen molar-refractivity contribution in [2.24, 2.45) is 0 Å². The summed E-state index contributed by atoms with van der Waals surface area (Å²) in [4.78, 5) is 18.3. The Morgan fingerprint density at radius 3 is 2.96 bits per heavy atom. The highest BCUT2D eigenvalue weighted by Gasteiger charge is 2.35. The van der Waals surface area contributed by atoms with Crippen LogP contribution in [0.4, 0.5) is 0 Å². The summed E-state index contributed by atoms with van der Waals surface area (Å²) in [5.41, 5.74) is 1.49. The van der Waals surface area contributed by atoms with E-state index in [0.29, 0.717) is 24.0 Å². The number of fused-ring (bicyclic) bond motifs is 1. The largest absolute Gasteiger partial charge is 0.494 e. The van der Waals surface area contributed by atoms with Crippen LogP contribution in [0.3, 0.4) is 0 Å². The number of methoxy groups -OCH3 is 1. The average Bonchev–Trinajstić information content (AvgIpc) is 3.15. The van der Waals surface area contributed by atoms with Crippen molar-refractivity contribution in [3.8, 4) is 10.9 Å². The van der Waals surface area contributed by atoms with Crippen LogP contribution in [0, 0.1) is 6.92 Å². The van der Waals surface area contributed by atoms with Gasteiger partial charge in [-0.3, -0.25) is 4.79 Å². The minimum absolute atomic E-state index is 0.0653. The lowest BCUT2D eigenvalue weighted by Crippen LogP contribution is -2.56. The summed E-state index contributed by atoms with van der Waals surface area (Å²) >= 11 is 1.47. The van der Waals surface area contributed by atoms with Gasteiger partial charge in [0.25, 0.3) is 11.1 Å². The number of benzene rings is 1. The number of amides is 1. The molecular formula is C16H15N3O4S. The van der Waals surface area contributed by atoms with Crippen molar-refractivity contribution in [1.29, 1.82) is 0 Å². The van der Waals surface area contributed by atoms with Crippen LogP contribution in [0.25, 0.3) is 10.2 Å². The molecule has 4 rings (SSSR count). The van der Waals surface area contributed by atoms with E-state index in [4.69, 9.17) is 14.0 Å². The predicted octanol–water partition coefficient (Wildman–Crippen LogP) is 2.50. The number of thiazole rings is 1. The van der Waals surface area contributed by atoms with Crippen LogP contribution in [-0.4, -0.2) is 47.3 Å². The van der Waals surface area contributed by atoms with Gasteiger partial charge < -0.3 is 18.9 Å². The van der Waals surface area contributed by atoms with Crippen LogP contribution in [0.5, 0.6) is 10.9 Å². The molecule has 1 aliphatic rings. The third kappa shape index (κ3) is 2.58. The Bertz CT molecular complexity index is 898. The van der Waals surface area contributed by atoms with Crippen molar-refractivity contribution >= 4 is 27.5 Å². The summed E-state index contributed by atoms with van der Waals surface area (Å²) in [5.74, 6) is 0.821. The molecule has 0 bridgehead atoms. The van der Waals surface area contributed by atoms with Gasteiger partial charge in [0.05, 0.1) is 30.6 Å². The third-order valence-electron chi connectivity index (χ3n) is 3.82. The van der Waals surface area contributed by atoms with Gasteiger partial charge in [0.15, 0.2) is 0 Å². The number of hydrogen-bond donors (Lipinski definition) is 0. The van der Waals surface area contributed by atoms with Gasteiger partial charge >= 0.3 is 0 Å². The molecule has 1 amide bonds. The first-order valence-corrected chi connectivity index (χ1v) is 8.28. The molecule has 0 N–H and O–H groups in total. The van der Waals surface area contributed by atoms with Crippen molar-refractivity contribution in [2.45, 2.75) is 13.0 Å². The molecule has 3 heterocycles. The van der Waals surface area contributed by atoms with E-state index in [-0.39, 0.29) is 17.8 Å². The maximum atomic E-state index is 12.2. The second kappa shape index (κ2) is 5.79. The normalized spacial score (nSPS) is 14.7. The minimum atomic E-state index is -0.165. The molecule has 0 saturated carbocycles. The number of hydrogen-bond acceptors (Lipinski definition) is 7. The topological polar surface area (TPSA) is 77.7 Å². The van der Waals surface area contributed by atoms with Crippen LogP contribution >= 0.6 is 11.3 Å². The van der Waals surface area contributed by atoms with E-state index in [1.165, 1.54) is 11.3 Å². The van der Waals surface area contributed by atoms with E-state index in [1.54, 1.807) is 25.0 Å². The number of carbonyl (C=O) groups is 1. The first kappa shape index (κ1) is 14.9. The van der Waals surface area contributed by atoms with Crippen LogP contribution in [0.2, 0.25) is 0 Å². The van der Waals surface area contributed by atoms with Crippen LogP contribution < -0.4 is 9.47 Å². The van der Waals surface area contributed by atoms with Crippen LogP contribution in [0.1, 0.15) is 16.2 Å². The third-order valence-corrected chi connectivity index (χ3v) is 4.74. The number of likely N-dealkylation sites (tertiary alicyclic amines) is 1. The number of nitrogens with zero attached hydrogens (tertiary/aromatic N) is 3. The zero-order valence-corrected chi connectivity index (χ0v) is 14.0. The first-order chi connectivity index (χ1) is 11.6. The lowest BCUT2D eigenvalue weighted by Gasteiger charge is -2.37. The highest BCUT2D eigenvalue weighted by atomic mass is 32.1. The molecule has 1 aliphatic heterocycles. The van der Waals surface area contributed by atoms with E-state index in [0.717, 1.165) is 16.0 Å². The zero-order valence-electron chi connectivity index (χ0n) is 13.2. The summed E-state index contributed by atoms with van der Waals surface area (Å²) in [7, 11) is 1.62. The van der Waals surface area contributed by atoms with Gasteiger partial charge in [0, 0.05) is 6.07 Å². The Labute approximate surface area is 141 Å². The molecular weight excluding hydrogens is 330 g/mol. The Kier molecular flexibility index (Phi) is 3.61. The first-order valence-electron chi connectivity index (χ1n) is 7.47. The number of aromatic nitrogens is 2. The zero-order chi connectivity index (χ0) is 16.7. The summed E-state index contributed by atoms with van der Waals surface area (Å²) in [5, 5.41) is 4.32. The minimum Gasteiger partial charge on any atom is -0.494 e. The molecule has 3 aromatic rings. The summed E-state index contributed by atoms with van der Waals surface area (Å²) in [6, 6.07) is 7.41. The Morgan fingerprint density at radius 2 is 2.25 bits per heavy atom. The van der Waals surface area contributed by atoms with Gasteiger partial charge in [-0.1, -0.05) is 22.6 Å². The fourth-order valence-electron chi connectivity index (χ4n) is 2.56.